The summed E-state index contributed by atoms with van der Waals surface area (Å²) in [6.07, 6.45) is 3.07. The molecule has 1 aliphatic heterocycles. The Balaban J connectivity index is 1.73. The predicted molar refractivity (Wildman–Crippen MR) is 99.3 cm³/mol. The van der Waals surface area contributed by atoms with Gasteiger partial charge < -0.3 is 4.42 Å². The zero-order valence-electron chi connectivity index (χ0n) is 13.1. The molecular formula is C19H13IN2O3. The normalized spacial score (nSPS) is 14.7. The molecule has 2 amide bonds. The minimum atomic E-state index is -0.315. The van der Waals surface area contributed by atoms with Crippen molar-refractivity contribution < 1.29 is 14.0 Å². The van der Waals surface area contributed by atoms with Crippen LogP contribution in [0.5, 0.6) is 0 Å². The van der Waals surface area contributed by atoms with Gasteiger partial charge in [0.2, 0.25) is 5.89 Å². The SMILES string of the molecule is O=C1c2ccccc2C(=O)N1CC(c1ncco1)c1ccccc1I. The van der Waals surface area contributed by atoms with Gasteiger partial charge >= 0.3 is 0 Å². The lowest BCUT2D eigenvalue weighted by Crippen LogP contribution is -2.34. The number of rotatable bonds is 4. The molecule has 0 fully saturated rings. The van der Waals surface area contributed by atoms with E-state index in [2.05, 4.69) is 27.6 Å². The molecule has 0 saturated heterocycles. The topological polar surface area (TPSA) is 63.4 Å². The van der Waals surface area contributed by atoms with Crippen molar-refractivity contribution in [3.63, 3.8) is 0 Å². The molecule has 6 heteroatoms. The van der Waals surface area contributed by atoms with Gasteiger partial charge in [0.05, 0.1) is 23.2 Å². The number of imide groups is 1. The van der Waals surface area contributed by atoms with Crippen LogP contribution in [0.3, 0.4) is 0 Å². The summed E-state index contributed by atoms with van der Waals surface area (Å²) in [5.41, 5.74) is 1.87. The molecule has 124 valence electrons. The summed E-state index contributed by atoms with van der Waals surface area (Å²) in [4.78, 5) is 30.9. The third-order valence-electron chi connectivity index (χ3n) is 4.27. The average molecular weight is 444 g/mol. The molecule has 0 radical (unpaired) electrons. The van der Waals surface area contributed by atoms with Crippen molar-refractivity contribution in [2.75, 3.05) is 6.54 Å². The molecule has 0 saturated carbocycles. The fourth-order valence-electron chi connectivity index (χ4n) is 3.06. The van der Waals surface area contributed by atoms with Crippen molar-refractivity contribution in [1.82, 2.24) is 9.88 Å². The molecule has 1 unspecified atom stereocenters. The zero-order chi connectivity index (χ0) is 17.4. The maximum Gasteiger partial charge on any atom is 0.261 e. The standard InChI is InChI=1S/C19H13IN2O3/c20-16-8-4-3-5-12(16)15(17-21-9-10-25-17)11-22-18(23)13-6-1-2-7-14(13)19(22)24/h1-10,15H,11H2. The van der Waals surface area contributed by atoms with Crippen molar-refractivity contribution in [3.05, 3.63) is 87.1 Å². The number of carbonyl (C=O) groups is 2. The van der Waals surface area contributed by atoms with Gasteiger partial charge in [-0.1, -0.05) is 30.3 Å². The van der Waals surface area contributed by atoms with Crippen LogP contribution in [0.15, 0.2) is 65.4 Å². The van der Waals surface area contributed by atoms with Gasteiger partial charge in [-0.05, 0) is 46.4 Å². The first-order chi connectivity index (χ1) is 12.2. The van der Waals surface area contributed by atoms with Crippen molar-refractivity contribution in [3.8, 4) is 0 Å². The van der Waals surface area contributed by atoms with Crippen LogP contribution in [0.4, 0.5) is 0 Å². The van der Waals surface area contributed by atoms with E-state index in [9.17, 15) is 9.59 Å². The van der Waals surface area contributed by atoms with Gasteiger partial charge in [-0.25, -0.2) is 4.98 Å². The quantitative estimate of drug-likeness (QED) is 0.455. The van der Waals surface area contributed by atoms with E-state index in [1.807, 2.05) is 24.3 Å². The number of hydrogen-bond donors (Lipinski definition) is 0. The zero-order valence-corrected chi connectivity index (χ0v) is 15.2. The molecule has 5 nitrogen and oxygen atoms in total. The lowest BCUT2D eigenvalue weighted by Gasteiger charge is -2.21. The number of nitrogens with zero attached hydrogens (tertiary/aromatic N) is 2. The average Bonchev–Trinajstić information content (AvgIpc) is 3.24. The molecule has 1 aromatic heterocycles. The maximum absolute atomic E-state index is 12.7. The number of halogens is 1. The number of amides is 2. The molecule has 1 aliphatic rings. The molecule has 3 aromatic rings. The maximum atomic E-state index is 12.7. The summed E-state index contributed by atoms with van der Waals surface area (Å²) >= 11 is 2.24. The molecule has 25 heavy (non-hydrogen) atoms. The first-order valence-corrected chi connectivity index (χ1v) is 8.83. The minimum absolute atomic E-state index is 0.187. The van der Waals surface area contributed by atoms with Crippen molar-refractivity contribution in [1.29, 1.82) is 0 Å². The third-order valence-corrected chi connectivity index (χ3v) is 5.26. The van der Waals surface area contributed by atoms with Crippen LogP contribution in [0.25, 0.3) is 0 Å². The lowest BCUT2D eigenvalue weighted by molar-refractivity contribution is 0.0646. The molecule has 1 atom stereocenters. The number of hydrogen-bond acceptors (Lipinski definition) is 4. The minimum Gasteiger partial charge on any atom is -0.448 e. The first kappa shape index (κ1) is 16.0. The Morgan fingerprint density at radius 1 is 1.00 bits per heavy atom. The monoisotopic (exact) mass is 444 g/mol. The van der Waals surface area contributed by atoms with Crippen molar-refractivity contribution in [2.45, 2.75) is 5.92 Å². The fourth-order valence-corrected chi connectivity index (χ4v) is 3.82. The van der Waals surface area contributed by atoms with E-state index in [1.54, 1.807) is 30.5 Å². The Morgan fingerprint density at radius 2 is 1.64 bits per heavy atom. The summed E-state index contributed by atoms with van der Waals surface area (Å²) < 4.78 is 6.53. The van der Waals surface area contributed by atoms with Gasteiger partial charge in [0.1, 0.15) is 6.26 Å². The number of carbonyl (C=O) groups excluding carboxylic acids is 2. The van der Waals surface area contributed by atoms with Crippen LogP contribution in [-0.2, 0) is 0 Å². The van der Waals surface area contributed by atoms with E-state index >= 15 is 0 Å². The van der Waals surface area contributed by atoms with Gasteiger partial charge in [-0.2, -0.15) is 0 Å². The largest absolute Gasteiger partial charge is 0.448 e. The summed E-state index contributed by atoms with van der Waals surface area (Å²) in [6.45, 7) is 0.187. The van der Waals surface area contributed by atoms with E-state index in [-0.39, 0.29) is 24.3 Å². The Bertz CT molecular complexity index is 918. The highest BCUT2D eigenvalue weighted by molar-refractivity contribution is 14.1. The van der Waals surface area contributed by atoms with Gasteiger partial charge in [0.25, 0.3) is 11.8 Å². The number of fused-ring (bicyclic) bond motifs is 1. The fraction of sp³-hybridized carbons (Fsp3) is 0.105. The second-order valence-corrected chi connectivity index (χ2v) is 6.87. The summed E-state index contributed by atoms with van der Waals surface area (Å²) in [5.74, 6) is -0.378. The Labute approximate surface area is 157 Å². The molecule has 0 N–H and O–H groups in total. The summed E-state index contributed by atoms with van der Waals surface area (Å²) in [6, 6.07) is 14.7. The highest BCUT2D eigenvalue weighted by Gasteiger charge is 2.38. The second kappa shape index (κ2) is 6.44. The van der Waals surface area contributed by atoms with Crippen molar-refractivity contribution >= 4 is 34.4 Å². The molecular weight excluding hydrogens is 431 g/mol. The van der Waals surface area contributed by atoms with Crippen LogP contribution in [0, 0.1) is 3.57 Å². The van der Waals surface area contributed by atoms with E-state index in [4.69, 9.17) is 4.42 Å². The Hall–Kier alpha value is -2.48. The van der Waals surface area contributed by atoms with Crippen LogP contribution in [0.2, 0.25) is 0 Å². The highest BCUT2D eigenvalue weighted by Crippen LogP contribution is 2.31. The van der Waals surface area contributed by atoms with Gasteiger partial charge in [-0.3, -0.25) is 14.5 Å². The highest BCUT2D eigenvalue weighted by atomic mass is 127. The van der Waals surface area contributed by atoms with Crippen molar-refractivity contribution in [2.24, 2.45) is 0 Å². The van der Waals surface area contributed by atoms with Crippen LogP contribution >= 0.6 is 22.6 Å². The Kier molecular flexibility index (Phi) is 4.12. The lowest BCUT2D eigenvalue weighted by atomic mass is 9.98. The van der Waals surface area contributed by atoms with E-state index in [0.29, 0.717) is 17.0 Å². The van der Waals surface area contributed by atoms with Gasteiger partial charge in [-0.15, -0.1) is 0 Å². The van der Waals surface area contributed by atoms with E-state index in [0.717, 1.165) is 9.13 Å². The molecule has 0 aliphatic carbocycles. The smallest absolute Gasteiger partial charge is 0.261 e. The number of aromatic nitrogens is 1. The number of oxazole rings is 1. The predicted octanol–water partition coefficient (Wildman–Crippen LogP) is 3.71. The molecule has 0 spiro atoms. The van der Waals surface area contributed by atoms with Crippen LogP contribution in [0.1, 0.15) is 38.1 Å². The van der Waals surface area contributed by atoms with E-state index < -0.39 is 0 Å². The Morgan fingerprint density at radius 3 is 2.24 bits per heavy atom. The molecule has 2 aromatic carbocycles. The molecule has 2 heterocycles. The van der Waals surface area contributed by atoms with Gasteiger partial charge in [0, 0.05) is 10.1 Å². The summed E-state index contributed by atoms with van der Waals surface area (Å²) in [7, 11) is 0. The number of benzene rings is 2. The second-order valence-electron chi connectivity index (χ2n) is 5.71. The molecule has 4 rings (SSSR count). The first-order valence-electron chi connectivity index (χ1n) is 7.76. The summed E-state index contributed by atoms with van der Waals surface area (Å²) in [5, 5.41) is 0. The van der Waals surface area contributed by atoms with E-state index in [1.165, 1.54) is 11.2 Å². The van der Waals surface area contributed by atoms with Gasteiger partial charge in [0.15, 0.2) is 0 Å². The van der Waals surface area contributed by atoms with Crippen LogP contribution in [-0.4, -0.2) is 28.2 Å². The third kappa shape index (κ3) is 2.76. The van der Waals surface area contributed by atoms with Crippen LogP contribution < -0.4 is 0 Å². The molecule has 0 bridgehead atoms.